The fourth-order valence-corrected chi connectivity index (χ4v) is 13.6. The molecule has 0 spiro atoms. The minimum absolute atomic E-state index is 0. The molecular formula is C97H110N7NaO10S. The van der Waals surface area contributed by atoms with Crippen LogP contribution in [0.1, 0.15) is 164 Å². The Bertz CT molecular complexity index is 5300. The van der Waals surface area contributed by atoms with E-state index in [-0.39, 0.29) is 75.0 Å². The van der Waals surface area contributed by atoms with Gasteiger partial charge in [-0.15, -0.1) is 24.8 Å². The SMILES string of the molecule is CC(C)(C)CC(=O)Nc1ccc2c(c1)C(c1ccc(O)cc1)(c1ccc(O)cc1)OC2=O.CC(C)(C)CCCc1ccc2ccc3cccc4ccc1c2c34.CN(C)c1ccc(C(c2ccc(OCC(C)(C)C)cc2)c2ccc(N(C)C)cc2)cc1.CN(C)c1ccc(N=Nc2cc[c-]cc2)c(NC(=O)CC(C)(C)C)c1.O=S(=O)=O.[Na+]. The van der Waals surface area contributed by atoms with E-state index in [0.29, 0.717) is 64.2 Å². The maximum absolute atomic E-state index is 12.9. The molecular weight excluding hydrogens is 1480 g/mol. The number of benzene rings is 12. The molecule has 1 aliphatic rings. The molecule has 0 aliphatic carbocycles. The van der Waals surface area contributed by atoms with Crippen LogP contribution in [0.25, 0.3) is 32.3 Å². The minimum atomic E-state index is -3.11. The maximum atomic E-state index is 12.9. The number of hydrogen-bond donors (Lipinski definition) is 4. The number of esters is 1. The van der Waals surface area contributed by atoms with Gasteiger partial charge in [0.15, 0.2) is 5.60 Å². The molecule has 600 valence electrons. The summed E-state index contributed by atoms with van der Waals surface area (Å²) in [6, 6.07) is 80.6. The summed E-state index contributed by atoms with van der Waals surface area (Å²) in [6.45, 7) is 26.3. The molecule has 0 unspecified atom stereocenters. The standard InChI is InChI=1S/C28H36N2O.C26H25NO5.C23H24.C20H25N4O.Na.O3S/c1-28(2,3)20-31-26-18-12-23(13-19-26)27(21-8-14-24(15-9-21)29(4)5)22-10-16-25(17-11-22)30(6)7;1-25(2,3)15-23(30)27-18-8-13-21-22(14-18)26(32-24(21)31,16-4-9-19(28)10-5-16)17-6-11-20(29)12-7-17;1-23(2,3)15-5-8-16-9-10-19-12-11-17-6-4-7-18-13-14-20(16)22(19)21(17)18;1-20(2,3)14-19(25)21-18-13-16(24(4)5)11-12-17(18)23-22-15-9-7-6-8-10-15;;1-4(2)3/h8-19,27H,20H2,1-7H3;4-14,28-29H,15H2,1-3H3,(H,27,30);4,6-7,9-14H,5,8,15H2,1-3H3;7-13H,14H2,1-5H3,(H,21,25);;/q;;;-1;+1;. The summed E-state index contributed by atoms with van der Waals surface area (Å²) in [5.41, 5.74) is 12.6. The van der Waals surface area contributed by atoms with Crippen LogP contribution in [0.2, 0.25) is 0 Å². The van der Waals surface area contributed by atoms with E-state index in [9.17, 15) is 24.6 Å². The van der Waals surface area contributed by atoms with E-state index in [1.54, 1.807) is 54.6 Å². The molecule has 0 bridgehead atoms. The summed E-state index contributed by atoms with van der Waals surface area (Å²) in [6.07, 6.45) is 4.48. The van der Waals surface area contributed by atoms with Crippen LogP contribution in [0.4, 0.5) is 39.8 Å². The molecule has 12 aromatic rings. The van der Waals surface area contributed by atoms with Gasteiger partial charge >= 0.3 is 46.1 Å². The van der Waals surface area contributed by atoms with E-state index in [1.807, 2.05) is 90.9 Å². The van der Waals surface area contributed by atoms with Crippen LogP contribution in [-0.2, 0) is 37.0 Å². The fraction of sp³-hybridized carbons (Fsp3) is 0.309. The van der Waals surface area contributed by atoms with Crippen LogP contribution in [0.3, 0.4) is 0 Å². The van der Waals surface area contributed by atoms with E-state index < -0.39 is 22.2 Å². The summed E-state index contributed by atoms with van der Waals surface area (Å²) >= 11 is 0. The zero-order chi connectivity index (χ0) is 83.7. The number of cyclic esters (lactones) is 1. The molecule has 4 N–H and O–H groups in total. The Morgan fingerprint density at radius 2 is 0.983 bits per heavy atom. The molecule has 1 heterocycles. The average Bonchev–Trinajstić information content (AvgIpc) is 1.52. The largest absolute Gasteiger partial charge is 1.00 e. The van der Waals surface area contributed by atoms with Gasteiger partial charge in [0.2, 0.25) is 11.8 Å². The molecule has 0 saturated carbocycles. The van der Waals surface area contributed by atoms with Crippen molar-refractivity contribution in [3.63, 3.8) is 0 Å². The summed E-state index contributed by atoms with van der Waals surface area (Å²) in [7, 11) is 9.09. The maximum Gasteiger partial charge on any atom is 1.00 e. The second kappa shape index (κ2) is 39.6. The van der Waals surface area contributed by atoms with Crippen molar-refractivity contribution in [2.75, 3.05) is 74.2 Å². The number of anilines is 5. The first-order valence-corrected chi connectivity index (χ1v) is 39.7. The molecule has 17 nitrogen and oxygen atoms in total. The molecule has 0 aromatic heterocycles. The smallest absolute Gasteiger partial charge is 0.508 e. The Labute approximate surface area is 708 Å². The number of aromatic hydroxyl groups is 2. The Hall–Kier alpha value is -10.9. The molecule has 19 heteroatoms. The number of fused-ring (bicyclic) bond motifs is 1. The summed E-state index contributed by atoms with van der Waals surface area (Å²) in [5.74, 6) is 0.613. The number of azo groups is 1. The second-order valence-corrected chi connectivity index (χ2v) is 35.0. The zero-order valence-corrected chi connectivity index (χ0v) is 73.5. The number of nitrogens with one attached hydrogen (secondary N) is 2. The van der Waals surface area contributed by atoms with Gasteiger partial charge in [0.1, 0.15) is 22.9 Å². The predicted octanol–water partition coefficient (Wildman–Crippen LogP) is 19.7. The van der Waals surface area contributed by atoms with E-state index in [2.05, 4.69) is 234 Å². The Balaban J connectivity index is 0.000000191. The quantitative estimate of drug-likeness (QED) is 0.0148. The monoisotopic (exact) mass is 1590 g/mol. The van der Waals surface area contributed by atoms with E-state index >= 15 is 0 Å². The van der Waals surface area contributed by atoms with Gasteiger partial charge in [-0.3, -0.25) is 9.59 Å². The molecule has 0 saturated heterocycles. The van der Waals surface area contributed by atoms with Crippen LogP contribution in [0, 0.1) is 27.7 Å². The summed E-state index contributed by atoms with van der Waals surface area (Å²) in [4.78, 5) is 44.0. The first-order valence-electron chi connectivity index (χ1n) is 38.7. The van der Waals surface area contributed by atoms with Crippen molar-refractivity contribution in [2.24, 2.45) is 31.9 Å². The molecule has 0 radical (unpaired) electrons. The number of ether oxygens (including phenoxy) is 2. The van der Waals surface area contributed by atoms with Gasteiger partial charge in [0.25, 0.3) is 0 Å². The van der Waals surface area contributed by atoms with E-state index in [0.717, 1.165) is 17.1 Å². The van der Waals surface area contributed by atoms with Crippen molar-refractivity contribution < 1.29 is 76.3 Å². The molecule has 13 rings (SSSR count). The van der Waals surface area contributed by atoms with Gasteiger partial charge in [-0.05, 0) is 198 Å². The number of rotatable bonds is 19. The number of hydrogen-bond acceptors (Lipinski definition) is 15. The van der Waals surface area contributed by atoms with E-state index in [4.69, 9.17) is 22.1 Å². The van der Waals surface area contributed by atoms with Crippen LogP contribution in [-0.4, -0.2) is 89.5 Å². The third-order valence-corrected chi connectivity index (χ3v) is 19.2. The van der Waals surface area contributed by atoms with Gasteiger partial charge in [-0.25, -0.2) is 4.79 Å². The summed E-state index contributed by atoms with van der Waals surface area (Å²) in [5, 5.41) is 42.4. The van der Waals surface area contributed by atoms with Crippen molar-refractivity contribution in [3.8, 4) is 17.2 Å². The van der Waals surface area contributed by atoms with Crippen molar-refractivity contribution in [2.45, 2.75) is 127 Å². The van der Waals surface area contributed by atoms with Crippen molar-refractivity contribution in [1.29, 1.82) is 0 Å². The van der Waals surface area contributed by atoms with Gasteiger partial charge < -0.3 is 45.0 Å². The van der Waals surface area contributed by atoms with Crippen LogP contribution < -0.4 is 59.6 Å². The molecule has 0 atom stereocenters. The number of carbonyl (C=O) groups is 3. The van der Waals surface area contributed by atoms with Crippen LogP contribution >= 0.6 is 0 Å². The molecule has 0 fully saturated rings. The number of aryl methyl sites for hydroxylation is 1. The summed E-state index contributed by atoms with van der Waals surface area (Å²) < 4.78 is 37.3. The minimum Gasteiger partial charge on any atom is -0.508 e. The molecule has 12 aromatic carbocycles. The van der Waals surface area contributed by atoms with E-state index in [1.165, 1.54) is 109 Å². The number of carbonyl (C=O) groups excluding carboxylic acids is 3. The van der Waals surface area contributed by atoms with Gasteiger partial charge in [-0.2, -0.15) is 28.4 Å². The number of phenols is 2. The van der Waals surface area contributed by atoms with Crippen LogP contribution in [0.5, 0.6) is 17.2 Å². The Morgan fingerprint density at radius 3 is 1.47 bits per heavy atom. The molecule has 2 amide bonds. The predicted molar refractivity (Wildman–Crippen MR) is 470 cm³/mol. The van der Waals surface area contributed by atoms with Crippen molar-refractivity contribution in [1.82, 2.24) is 0 Å². The van der Waals surface area contributed by atoms with Gasteiger partial charge in [0.05, 0.1) is 17.9 Å². The zero-order valence-electron chi connectivity index (χ0n) is 70.6. The Morgan fingerprint density at radius 1 is 0.517 bits per heavy atom. The second-order valence-electron chi connectivity index (χ2n) is 34.6. The molecule has 116 heavy (non-hydrogen) atoms. The first-order chi connectivity index (χ1) is 54.2. The fourth-order valence-electron chi connectivity index (χ4n) is 13.6. The average molecular weight is 1590 g/mol. The third kappa shape index (κ3) is 25.6. The topological polar surface area (TPSA) is 220 Å². The van der Waals surface area contributed by atoms with Crippen molar-refractivity contribution in [3.05, 3.63) is 287 Å². The van der Waals surface area contributed by atoms with Crippen LogP contribution in [0.15, 0.2) is 247 Å². The normalized spacial score (nSPS) is 12.3. The first kappa shape index (κ1) is 90.6. The number of nitrogens with zero attached hydrogens (tertiary/aromatic N) is 5. The Kier molecular flexibility index (Phi) is 31.0. The third-order valence-electron chi connectivity index (χ3n) is 19.2. The van der Waals surface area contributed by atoms with Gasteiger partial charge in [-0.1, -0.05) is 198 Å². The number of phenolic OH excluding ortho intramolecular Hbond substituents is 2. The number of amides is 2. The van der Waals surface area contributed by atoms with Crippen molar-refractivity contribution >= 4 is 101 Å². The molecule has 1 aliphatic heterocycles. The van der Waals surface area contributed by atoms with Gasteiger partial charge in [0, 0.05) is 100 Å².